The summed E-state index contributed by atoms with van der Waals surface area (Å²) >= 11 is 5.87. The van der Waals surface area contributed by atoms with E-state index in [9.17, 15) is 9.50 Å². The monoisotopic (exact) mass is 229 g/mol. The number of rotatable bonds is 2. The molecule has 1 aliphatic rings. The SMILES string of the molecule is OC1CCCC1Nc1ccc(F)cc1Cl. The highest BCUT2D eigenvalue weighted by Crippen LogP contribution is 2.27. The van der Waals surface area contributed by atoms with Crippen molar-refractivity contribution in [1.82, 2.24) is 0 Å². The smallest absolute Gasteiger partial charge is 0.124 e. The zero-order valence-corrected chi connectivity index (χ0v) is 8.97. The van der Waals surface area contributed by atoms with Crippen LogP contribution in [0.2, 0.25) is 5.02 Å². The summed E-state index contributed by atoms with van der Waals surface area (Å²) in [7, 11) is 0. The fraction of sp³-hybridized carbons (Fsp3) is 0.455. The molecule has 1 saturated carbocycles. The number of anilines is 1. The van der Waals surface area contributed by atoms with Crippen molar-refractivity contribution >= 4 is 17.3 Å². The van der Waals surface area contributed by atoms with Crippen LogP contribution in [0.15, 0.2) is 18.2 Å². The molecule has 0 radical (unpaired) electrons. The van der Waals surface area contributed by atoms with E-state index in [0.29, 0.717) is 10.7 Å². The molecule has 2 unspecified atom stereocenters. The second-order valence-corrected chi connectivity index (χ2v) is 4.28. The van der Waals surface area contributed by atoms with Gasteiger partial charge in [0, 0.05) is 0 Å². The highest BCUT2D eigenvalue weighted by Gasteiger charge is 2.25. The molecule has 1 aromatic rings. The minimum absolute atomic E-state index is 0.0351. The van der Waals surface area contributed by atoms with E-state index in [0.717, 1.165) is 19.3 Å². The standard InChI is InChI=1S/C11H13ClFNO/c12-8-6-7(13)4-5-9(8)14-10-2-1-3-11(10)15/h4-6,10-11,14-15H,1-3H2. The number of halogens is 2. The number of hydrogen-bond donors (Lipinski definition) is 2. The first-order valence-electron chi connectivity index (χ1n) is 5.06. The van der Waals surface area contributed by atoms with Crippen LogP contribution in [0.1, 0.15) is 19.3 Å². The maximum atomic E-state index is 12.8. The van der Waals surface area contributed by atoms with E-state index in [1.807, 2.05) is 0 Å². The molecule has 2 rings (SSSR count). The average molecular weight is 230 g/mol. The summed E-state index contributed by atoms with van der Waals surface area (Å²) in [5, 5.41) is 13.1. The van der Waals surface area contributed by atoms with Gasteiger partial charge in [0.25, 0.3) is 0 Å². The van der Waals surface area contributed by atoms with Crippen LogP contribution in [-0.2, 0) is 0 Å². The number of nitrogens with one attached hydrogen (secondary N) is 1. The van der Waals surface area contributed by atoms with Crippen LogP contribution < -0.4 is 5.32 Å². The number of hydrogen-bond acceptors (Lipinski definition) is 2. The molecular formula is C11H13ClFNO. The average Bonchev–Trinajstić information content (AvgIpc) is 2.57. The van der Waals surface area contributed by atoms with Gasteiger partial charge in [-0.05, 0) is 37.5 Å². The van der Waals surface area contributed by atoms with Crippen LogP contribution in [0.3, 0.4) is 0 Å². The Morgan fingerprint density at radius 2 is 2.20 bits per heavy atom. The summed E-state index contributed by atoms with van der Waals surface area (Å²) in [6.45, 7) is 0. The van der Waals surface area contributed by atoms with Crippen molar-refractivity contribution in [1.29, 1.82) is 0 Å². The summed E-state index contributed by atoms with van der Waals surface area (Å²) in [4.78, 5) is 0. The Hall–Kier alpha value is -0.800. The second-order valence-electron chi connectivity index (χ2n) is 3.87. The quantitative estimate of drug-likeness (QED) is 0.818. The van der Waals surface area contributed by atoms with Crippen LogP contribution in [0, 0.1) is 5.82 Å². The Bertz CT molecular complexity index is 358. The predicted molar refractivity (Wildman–Crippen MR) is 58.7 cm³/mol. The van der Waals surface area contributed by atoms with E-state index in [2.05, 4.69) is 5.32 Å². The van der Waals surface area contributed by atoms with Gasteiger partial charge in [0.1, 0.15) is 5.82 Å². The van der Waals surface area contributed by atoms with Crippen molar-refractivity contribution in [2.24, 2.45) is 0 Å². The molecule has 15 heavy (non-hydrogen) atoms. The Kier molecular flexibility index (Phi) is 3.12. The van der Waals surface area contributed by atoms with Crippen molar-refractivity contribution in [2.75, 3.05) is 5.32 Å². The van der Waals surface area contributed by atoms with Crippen LogP contribution >= 0.6 is 11.6 Å². The van der Waals surface area contributed by atoms with Gasteiger partial charge in [0.05, 0.1) is 22.9 Å². The molecule has 0 amide bonds. The fourth-order valence-corrected chi connectivity index (χ4v) is 2.14. The van der Waals surface area contributed by atoms with E-state index in [4.69, 9.17) is 11.6 Å². The highest BCUT2D eigenvalue weighted by molar-refractivity contribution is 6.33. The Morgan fingerprint density at radius 3 is 2.80 bits per heavy atom. The zero-order chi connectivity index (χ0) is 10.8. The molecule has 1 fully saturated rings. The van der Waals surface area contributed by atoms with Crippen molar-refractivity contribution in [3.8, 4) is 0 Å². The van der Waals surface area contributed by atoms with E-state index in [1.54, 1.807) is 6.07 Å². The Balaban J connectivity index is 2.10. The summed E-state index contributed by atoms with van der Waals surface area (Å²) in [5.41, 5.74) is 0.684. The largest absolute Gasteiger partial charge is 0.391 e. The first-order chi connectivity index (χ1) is 7.16. The van der Waals surface area contributed by atoms with Gasteiger partial charge in [-0.2, -0.15) is 0 Å². The van der Waals surface area contributed by atoms with Crippen LogP contribution in [-0.4, -0.2) is 17.3 Å². The lowest BCUT2D eigenvalue weighted by Crippen LogP contribution is -2.27. The molecule has 2 atom stereocenters. The van der Waals surface area contributed by atoms with Gasteiger partial charge in [-0.15, -0.1) is 0 Å². The van der Waals surface area contributed by atoms with Crippen molar-refractivity contribution in [3.63, 3.8) is 0 Å². The molecule has 0 bridgehead atoms. The Morgan fingerprint density at radius 1 is 1.40 bits per heavy atom. The lowest BCUT2D eigenvalue weighted by Gasteiger charge is -2.18. The molecule has 82 valence electrons. The maximum absolute atomic E-state index is 12.8. The third kappa shape index (κ3) is 2.41. The third-order valence-corrected chi connectivity index (χ3v) is 3.06. The molecular weight excluding hydrogens is 217 g/mol. The lowest BCUT2D eigenvalue weighted by atomic mass is 10.2. The van der Waals surface area contributed by atoms with Gasteiger partial charge in [-0.1, -0.05) is 11.6 Å². The summed E-state index contributed by atoms with van der Waals surface area (Å²) in [5.74, 6) is -0.350. The molecule has 2 nitrogen and oxygen atoms in total. The second kappa shape index (κ2) is 4.37. The maximum Gasteiger partial charge on any atom is 0.124 e. The number of aliphatic hydroxyl groups is 1. The first-order valence-corrected chi connectivity index (χ1v) is 5.44. The van der Waals surface area contributed by atoms with Gasteiger partial charge in [0.2, 0.25) is 0 Å². The molecule has 0 aromatic heterocycles. The summed E-state index contributed by atoms with van der Waals surface area (Å²) in [6, 6.07) is 4.26. The molecule has 2 N–H and O–H groups in total. The lowest BCUT2D eigenvalue weighted by molar-refractivity contribution is 0.172. The zero-order valence-electron chi connectivity index (χ0n) is 8.21. The number of aliphatic hydroxyl groups excluding tert-OH is 1. The van der Waals surface area contributed by atoms with Crippen LogP contribution in [0.5, 0.6) is 0 Å². The van der Waals surface area contributed by atoms with E-state index < -0.39 is 0 Å². The van der Waals surface area contributed by atoms with Crippen LogP contribution in [0.25, 0.3) is 0 Å². The molecule has 4 heteroatoms. The van der Waals surface area contributed by atoms with Gasteiger partial charge in [-0.3, -0.25) is 0 Å². The molecule has 0 spiro atoms. The van der Waals surface area contributed by atoms with Crippen molar-refractivity contribution in [3.05, 3.63) is 29.0 Å². The molecule has 1 aromatic carbocycles. The van der Waals surface area contributed by atoms with Gasteiger partial charge in [0.15, 0.2) is 0 Å². The third-order valence-electron chi connectivity index (χ3n) is 2.75. The predicted octanol–water partition coefficient (Wildman–Crippen LogP) is 2.80. The van der Waals surface area contributed by atoms with Gasteiger partial charge in [-0.25, -0.2) is 4.39 Å². The van der Waals surface area contributed by atoms with E-state index in [-0.39, 0.29) is 18.0 Å². The highest BCUT2D eigenvalue weighted by atomic mass is 35.5. The van der Waals surface area contributed by atoms with Crippen molar-refractivity contribution < 1.29 is 9.50 Å². The molecule has 1 aliphatic carbocycles. The summed E-state index contributed by atoms with van der Waals surface area (Å²) < 4.78 is 12.8. The first kappa shape index (κ1) is 10.7. The fourth-order valence-electron chi connectivity index (χ4n) is 1.92. The topological polar surface area (TPSA) is 32.3 Å². The van der Waals surface area contributed by atoms with Crippen molar-refractivity contribution in [2.45, 2.75) is 31.4 Å². The molecule has 0 heterocycles. The number of benzene rings is 1. The van der Waals surface area contributed by atoms with Gasteiger partial charge < -0.3 is 10.4 Å². The minimum Gasteiger partial charge on any atom is -0.391 e. The molecule has 0 aliphatic heterocycles. The Labute approximate surface area is 93.1 Å². The van der Waals surface area contributed by atoms with Gasteiger partial charge >= 0.3 is 0 Å². The molecule has 0 saturated heterocycles. The van der Waals surface area contributed by atoms with E-state index in [1.165, 1.54) is 12.1 Å². The van der Waals surface area contributed by atoms with E-state index >= 15 is 0 Å². The summed E-state index contributed by atoms with van der Waals surface area (Å²) in [6.07, 6.45) is 2.43. The van der Waals surface area contributed by atoms with Crippen LogP contribution in [0.4, 0.5) is 10.1 Å². The normalized spacial score (nSPS) is 25.5. The minimum atomic E-state index is -0.350.